The van der Waals surface area contributed by atoms with Crippen molar-refractivity contribution in [3.63, 3.8) is 0 Å². The normalized spacial score (nSPS) is 14.6. The summed E-state index contributed by atoms with van der Waals surface area (Å²) in [6.07, 6.45) is 16.1. The summed E-state index contributed by atoms with van der Waals surface area (Å²) in [6, 6.07) is 12.8. The van der Waals surface area contributed by atoms with Crippen LogP contribution in [0.5, 0.6) is 0 Å². The summed E-state index contributed by atoms with van der Waals surface area (Å²) < 4.78 is 15.7. The number of halogens is 1. The maximum absolute atomic E-state index is 13.5. The minimum absolute atomic E-state index is 0.283. The van der Waals surface area contributed by atoms with E-state index in [2.05, 4.69) is 23.8 Å². The fraction of sp³-hybridized carbons (Fsp3) is 0.595. The summed E-state index contributed by atoms with van der Waals surface area (Å²) in [4.78, 5) is 36.7. The number of para-hydroxylation sites is 1. The third kappa shape index (κ3) is 11.7. The predicted molar refractivity (Wildman–Crippen MR) is 189 cm³/mol. The first-order valence-corrected chi connectivity index (χ1v) is 18.0. The number of hydrogen-bond donors (Lipinski definition) is 0. The first kappa shape index (κ1) is 36.5. The van der Waals surface area contributed by atoms with Crippen LogP contribution in [0, 0.1) is 0 Å². The molecule has 47 heavy (non-hydrogen) atoms. The monoisotopic (exact) mass is 668 g/mol. The number of amidine groups is 1. The molecule has 2 aromatic carbocycles. The largest absolute Gasteiger partial charge is 0.511 e. The highest BCUT2D eigenvalue weighted by atomic mass is 35.5. The molecule has 4 rings (SSSR count). The van der Waals surface area contributed by atoms with Gasteiger partial charge in [0.2, 0.25) is 6.79 Å². The van der Waals surface area contributed by atoms with Crippen LogP contribution in [0.3, 0.4) is 0 Å². The molecule has 10 heteroatoms. The highest BCUT2D eigenvalue weighted by Crippen LogP contribution is 2.41. The number of hydrogen-bond acceptors (Lipinski definition) is 8. The summed E-state index contributed by atoms with van der Waals surface area (Å²) in [6.45, 7) is 5.40. The van der Waals surface area contributed by atoms with Gasteiger partial charge in [-0.15, -0.1) is 0 Å². The van der Waals surface area contributed by atoms with Crippen LogP contribution in [0.2, 0.25) is 5.02 Å². The summed E-state index contributed by atoms with van der Waals surface area (Å²) in [5.41, 5.74) is 2.50. The molecule has 0 N–H and O–H groups in total. The van der Waals surface area contributed by atoms with E-state index in [0.717, 1.165) is 56.8 Å². The molecule has 0 aliphatic carbocycles. The van der Waals surface area contributed by atoms with E-state index in [4.69, 9.17) is 30.8 Å². The molecule has 0 aromatic heterocycles. The number of benzene rings is 2. The van der Waals surface area contributed by atoms with Crippen molar-refractivity contribution in [1.29, 1.82) is 0 Å². The molecule has 2 aliphatic rings. The van der Waals surface area contributed by atoms with Gasteiger partial charge < -0.3 is 24.0 Å². The Balaban J connectivity index is 1.18. The zero-order valence-electron chi connectivity index (χ0n) is 28.4. The lowest BCUT2D eigenvalue weighted by Gasteiger charge is -2.35. The van der Waals surface area contributed by atoms with Crippen LogP contribution in [0.1, 0.15) is 102 Å². The highest BCUT2D eigenvalue weighted by Gasteiger charge is 2.31. The van der Waals surface area contributed by atoms with Crippen LogP contribution in [-0.4, -0.2) is 74.5 Å². The Morgan fingerprint density at radius 2 is 1.36 bits per heavy atom. The fourth-order valence-electron chi connectivity index (χ4n) is 6.08. The first-order chi connectivity index (χ1) is 23.0. The van der Waals surface area contributed by atoms with Crippen LogP contribution in [-0.2, 0) is 14.2 Å². The highest BCUT2D eigenvalue weighted by molar-refractivity contribution is 6.31. The van der Waals surface area contributed by atoms with Crippen molar-refractivity contribution >= 4 is 46.7 Å². The molecule has 1 fully saturated rings. The number of likely N-dealkylation sites (N-methyl/N-ethyl adjacent to an activating group) is 1. The van der Waals surface area contributed by atoms with Gasteiger partial charge in [-0.25, -0.2) is 19.5 Å². The Morgan fingerprint density at radius 1 is 0.745 bits per heavy atom. The molecule has 1 saturated heterocycles. The van der Waals surface area contributed by atoms with Crippen molar-refractivity contribution in [3.05, 3.63) is 53.1 Å². The van der Waals surface area contributed by atoms with Gasteiger partial charge in [0.1, 0.15) is 5.84 Å². The molecule has 0 atom stereocenters. The predicted octanol–water partition coefficient (Wildman–Crippen LogP) is 9.85. The Labute approximate surface area is 286 Å². The summed E-state index contributed by atoms with van der Waals surface area (Å²) in [5.74, 6) is 0.774. The van der Waals surface area contributed by atoms with Crippen molar-refractivity contribution in [2.45, 2.75) is 96.8 Å². The van der Waals surface area contributed by atoms with Crippen molar-refractivity contribution in [1.82, 2.24) is 9.80 Å². The minimum atomic E-state index is -0.850. The number of piperazine rings is 1. The number of nitrogens with zero attached hydrogens (tertiary/aromatic N) is 4. The van der Waals surface area contributed by atoms with Crippen molar-refractivity contribution in [2.24, 2.45) is 4.99 Å². The third-order valence-electron chi connectivity index (χ3n) is 8.85. The maximum atomic E-state index is 13.5. The summed E-state index contributed by atoms with van der Waals surface area (Å²) >= 11 is 6.36. The van der Waals surface area contributed by atoms with Crippen molar-refractivity contribution < 1.29 is 23.8 Å². The van der Waals surface area contributed by atoms with E-state index in [1.807, 2.05) is 24.3 Å². The van der Waals surface area contributed by atoms with E-state index in [0.29, 0.717) is 22.1 Å². The minimum Gasteiger partial charge on any atom is -0.434 e. The molecule has 0 spiro atoms. The second-order valence-electron chi connectivity index (χ2n) is 12.6. The van der Waals surface area contributed by atoms with Gasteiger partial charge in [-0.3, -0.25) is 0 Å². The molecule has 0 radical (unpaired) electrons. The van der Waals surface area contributed by atoms with E-state index < -0.39 is 19.0 Å². The molecule has 258 valence electrons. The molecular formula is C37H53ClN4O5. The lowest BCUT2D eigenvalue weighted by atomic mass is 10.0. The SMILES string of the molecule is CCCCCCCCCCCCCCCCOC(=O)OCOC(=O)N1c2ccc(Cl)cc2N=C(N2CCN(C)CC2)c2ccccc21. The van der Waals surface area contributed by atoms with Crippen LogP contribution in [0.25, 0.3) is 0 Å². The average molecular weight is 669 g/mol. The Bertz CT molecular complexity index is 1300. The van der Waals surface area contributed by atoms with Gasteiger partial charge in [0.25, 0.3) is 0 Å². The van der Waals surface area contributed by atoms with Crippen LogP contribution < -0.4 is 4.90 Å². The number of fused-ring (bicyclic) bond motifs is 2. The Morgan fingerprint density at radius 3 is 2.02 bits per heavy atom. The van der Waals surface area contributed by atoms with Crippen LogP contribution >= 0.6 is 11.6 Å². The molecule has 2 heterocycles. The molecule has 9 nitrogen and oxygen atoms in total. The standard InChI is InChI=1S/C37H53ClN4O5/c1-3-4-5-6-7-8-9-10-11-12-13-14-15-18-27-45-37(44)47-29-46-36(43)42-33-20-17-16-19-31(33)35(41-25-23-40(2)24-26-41)39-32-28-30(38)21-22-34(32)42/h16-17,19-22,28H,3-15,18,23-27,29H2,1-2H3. The quantitative estimate of drug-likeness (QED) is 0.0942. The van der Waals surface area contributed by atoms with E-state index in [-0.39, 0.29) is 6.61 Å². The van der Waals surface area contributed by atoms with Crippen molar-refractivity contribution in [2.75, 3.05) is 51.5 Å². The second kappa shape index (κ2) is 20.2. The van der Waals surface area contributed by atoms with Gasteiger partial charge >= 0.3 is 12.2 Å². The molecule has 0 unspecified atom stereocenters. The summed E-state index contributed by atoms with van der Waals surface area (Å²) in [7, 11) is 2.10. The van der Waals surface area contributed by atoms with E-state index in [9.17, 15) is 9.59 Å². The van der Waals surface area contributed by atoms with E-state index >= 15 is 0 Å². The number of ether oxygens (including phenoxy) is 3. The van der Waals surface area contributed by atoms with Crippen LogP contribution in [0.15, 0.2) is 47.5 Å². The number of amides is 1. The Hall–Kier alpha value is -3.30. The lowest BCUT2D eigenvalue weighted by Crippen LogP contribution is -2.47. The first-order valence-electron chi connectivity index (χ1n) is 17.7. The number of unbranched alkanes of at least 4 members (excludes halogenated alkanes) is 13. The van der Waals surface area contributed by atoms with Crippen molar-refractivity contribution in [3.8, 4) is 0 Å². The maximum Gasteiger partial charge on any atom is 0.511 e. The zero-order chi connectivity index (χ0) is 33.3. The fourth-order valence-corrected chi connectivity index (χ4v) is 6.25. The number of carbonyl (C=O) groups excluding carboxylic acids is 2. The number of anilines is 2. The molecule has 2 aromatic rings. The van der Waals surface area contributed by atoms with Gasteiger partial charge in [0.15, 0.2) is 0 Å². The molecule has 2 aliphatic heterocycles. The molecule has 1 amide bonds. The third-order valence-corrected chi connectivity index (χ3v) is 9.09. The summed E-state index contributed by atoms with van der Waals surface area (Å²) in [5, 5.41) is 0.509. The van der Waals surface area contributed by atoms with E-state index in [1.54, 1.807) is 18.2 Å². The van der Waals surface area contributed by atoms with Crippen LogP contribution in [0.4, 0.5) is 26.7 Å². The van der Waals surface area contributed by atoms with E-state index in [1.165, 1.54) is 75.5 Å². The Kier molecular flexibility index (Phi) is 15.7. The molecular weight excluding hydrogens is 616 g/mol. The second-order valence-corrected chi connectivity index (χ2v) is 13.0. The van der Waals surface area contributed by atoms with Gasteiger partial charge in [0.05, 0.1) is 23.7 Å². The number of rotatable bonds is 17. The smallest absolute Gasteiger partial charge is 0.434 e. The number of carbonyl (C=O) groups is 2. The topological polar surface area (TPSA) is 83.9 Å². The molecule has 0 saturated carbocycles. The van der Waals surface area contributed by atoms with Gasteiger partial charge in [-0.1, -0.05) is 114 Å². The zero-order valence-corrected chi connectivity index (χ0v) is 29.1. The van der Waals surface area contributed by atoms with Gasteiger partial charge in [0, 0.05) is 36.8 Å². The average Bonchev–Trinajstić information content (AvgIpc) is 3.21. The molecule has 0 bridgehead atoms. The van der Waals surface area contributed by atoms with Gasteiger partial charge in [-0.2, -0.15) is 0 Å². The van der Waals surface area contributed by atoms with Gasteiger partial charge in [-0.05, 0) is 43.8 Å². The number of aliphatic imine (C=N–C) groups is 1. The lowest BCUT2D eigenvalue weighted by molar-refractivity contribution is -0.0127.